The second kappa shape index (κ2) is 8.93. The Kier molecular flexibility index (Phi) is 5.69. The van der Waals surface area contributed by atoms with Crippen LogP contribution in [0.1, 0.15) is 15.9 Å². The molecule has 0 bridgehead atoms. The lowest BCUT2D eigenvalue weighted by Gasteiger charge is -2.32. The largest absolute Gasteiger partial charge is 0.490 e. The Labute approximate surface area is 191 Å². The number of benzene rings is 3. The van der Waals surface area contributed by atoms with E-state index in [1.54, 1.807) is 11.8 Å². The van der Waals surface area contributed by atoms with Gasteiger partial charge in [-0.05, 0) is 54.3 Å². The fourth-order valence-corrected chi connectivity index (χ4v) is 4.39. The number of carbonyl (C=O) groups is 1. The number of nitrogens with zero attached hydrogens (tertiary/aromatic N) is 2. The molecule has 0 aliphatic carbocycles. The zero-order valence-corrected chi connectivity index (χ0v) is 18.6. The van der Waals surface area contributed by atoms with E-state index in [1.807, 2.05) is 61.1 Å². The van der Waals surface area contributed by atoms with E-state index in [4.69, 9.17) is 4.74 Å². The maximum absolute atomic E-state index is 12.8. The standard InChI is InChI=1S/C26H23N3O2S/c1-32-21-8-5-18(6-9-21)16-28-26(30)19-7-10-24-25(15-19)31-14-13-29(24)23-4-2-3-20-17-27-12-11-22(20)23/h2-12,15,17H,13-14,16H2,1H3,(H,28,30). The Hall–Kier alpha value is -3.51. The normalized spacial score (nSPS) is 12.8. The summed E-state index contributed by atoms with van der Waals surface area (Å²) in [5, 5.41) is 5.24. The van der Waals surface area contributed by atoms with Gasteiger partial charge in [-0.15, -0.1) is 11.8 Å². The number of anilines is 2. The van der Waals surface area contributed by atoms with E-state index in [0.29, 0.717) is 18.7 Å². The minimum Gasteiger partial charge on any atom is -0.490 e. The zero-order chi connectivity index (χ0) is 21.9. The topological polar surface area (TPSA) is 54.5 Å². The number of nitrogens with one attached hydrogen (secondary N) is 1. The van der Waals surface area contributed by atoms with Gasteiger partial charge in [-0.25, -0.2) is 0 Å². The summed E-state index contributed by atoms with van der Waals surface area (Å²) >= 11 is 1.70. The number of carbonyl (C=O) groups excluding carboxylic acids is 1. The van der Waals surface area contributed by atoms with Crippen molar-refractivity contribution in [3.8, 4) is 5.75 Å². The van der Waals surface area contributed by atoms with E-state index in [9.17, 15) is 4.79 Å². The highest BCUT2D eigenvalue weighted by molar-refractivity contribution is 7.98. The van der Waals surface area contributed by atoms with Gasteiger partial charge in [-0.1, -0.05) is 24.3 Å². The Morgan fingerprint density at radius 1 is 1.09 bits per heavy atom. The van der Waals surface area contributed by atoms with Gasteiger partial charge in [-0.2, -0.15) is 0 Å². The third-order valence-electron chi connectivity index (χ3n) is 5.65. The fraction of sp³-hybridized carbons (Fsp3) is 0.154. The molecule has 1 N–H and O–H groups in total. The number of hydrogen-bond acceptors (Lipinski definition) is 5. The molecule has 0 spiro atoms. The van der Waals surface area contributed by atoms with E-state index in [1.165, 1.54) is 4.90 Å². The van der Waals surface area contributed by atoms with Crippen LogP contribution >= 0.6 is 11.8 Å². The van der Waals surface area contributed by atoms with Crippen LogP contribution in [0.15, 0.2) is 84.0 Å². The van der Waals surface area contributed by atoms with Gasteiger partial charge in [0.25, 0.3) is 5.91 Å². The highest BCUT2D eigenvalue weighted by Gasteiger charge is 2.22. The number of amides is 1. The van der Waals surface area contributed by atoms with Crippen LogP contribution in [0.25, 0.3) is 10.8 Å². The predicted molar refractivity (Wildman–Crippen MR) is 130 cm³/mol. The molecule has 0 radical (unpaired) electrons. The van der Waals surface area contributed by atoms with E-state index in [0.717, 1.165) is 40.0 Å². The van der Waals surface area contributed by atoms with Crippen LogP contribution in [0.2, 0.25) is 0 Å². The molecule has 1 aliphatic heterocycles. The molecular formula is C26H23N3O2S. The van der Waals surface area contributed by atoms with Crippen LogP contribution in [0.4, 0.5) is 11.4 Å². The summed E-state index contributed by atoms with van der Waals surface area (Å²) in [6.45, 7) is 1.79. The van der Waals surface area contributed by atoms with Gasteiger partial charge in [0, 0.05) is 45.9 Å². The molecule has 1 aromatic heterocycles. The van der Waals surface area contributed by atoms with Gasteiger partial charge in [0.15, 0.2) is 0 Å². The summed E-state index contributed by atoms with van der Waals surface area (Å²) in [7, 11) is 0. The highest BCUT2D eigenvalue weighted by Crippen LogP contribution is 2.39. The molecule has 3 aromatic carbocycles. The lowest BCUT2D eigenvalue weighted by molar-refractivity contribution is 0.0950. The van der Waals surface area contributed by atoms with Crippen LogP contribution in [0.3, 0.4) is 0 Å². The second-order valence-electron chi connectivity index (χ2n) is 7.59. The molecule has 1 amide bonds. The minimum absolute atomic E-state index is 0.112. The maximum atomic E-state index is 12.8. The van der Waals surface area contributed by atoms with Gasteiger partial charge in [0.05, 0.1) is 12.2 Å². The number of thioether (sulfide) groups is 1. The molecule has 32 heavy (non-hydrogen) atoms. The van der Waals surface area contributed by atoms with Crippen molar-refractivity contribution in [2.75, 3.05) is 24.3 Å². The van der Waals surface area contributed by atoms with Crippen LogP contribution in [-0.2, 0) is 6.54 Å². The number of rotatable bonds is 5. The first-order chi connectivity index (χ1) is 15.7. The smallest absolute Gasteiger partial charge is 0.251 e. The molecule has 0 unspecified atom stereocenters. The first kappa shape index (κ1) is 20.4. The maximum Gasteiger partial charge on any atom is 0.251 e. The van der Waals surface area contributed by atoms with Crippen molar-refractivity contribution in [1.82, 2.24) is 10.3 Å². The third kappa shape index (κ3) is 4.01. The molecule has 4 aromatic rings. The lowest BCUT2D eigenvalue weighted by Crippen LogP contribution is -2.29. The molecule has 6 heteroatoms. The molecule has 0 fully saturated rings. The lowest BCUT2D eigenvalue weighted by atomic mass is 10.1. The van der Waals surface area contributed by atoms with E-state index < -0.39 is 0 Å². The predicted octanol–water partition coefficient (Wildman–Crippen LogP) is 5.42. The van der Waals surface area contributed by atoms with Crippen molar-refractivity contribution < 1.29 is 9.53 Å². The molecule has 160 valence electrons. The van der Waals surface area contributed by atoms with E-state index in [-0.39, 0.29) is 5.91 Å². The molecule has 0 saturated heterocycles. The van der Waals surface area contributed by atoms with Gasteiger partial charge >= 0.3 is 0 Å². The first-order valence-corrected chi connectivity index (χ1v) is 11.7. The molecule has 5 nitrogen and oxygen atoms in total. The third-order valence-corrected chi connectivity index (χ3v) is 6.39. The summed E-state index contributed by atoms with van der Waals surface area (Å²) in [6.07, 6.45) is 5.74. The molecule has 5 rings (SSSR count). The molecule has 0 atom stereocenters. The Balaban J connectivity index is 1.37. The van der Waals surface area contributed by atoms with Crippen molar-refractivity contribution in [1.29, 1.82) is 0 Å². The summed E-state index contributed by atoms with van der Waals surface area (Å²) in [5.41, 5.74) is 3.74. The quantitative estimate of drug-likeness (QED) is 0.419. The average molecular weight is 442 g/mol. The van der Waals surface area contributed by atoms with Crippen molar-refractivity contribution in [2.45, 2.75) is 11.4 Å². The minimum atomic E-state index is -0.112. The van der Waals surface area contributed by atoms with Crippen LogP contribution in [-0.4, -0.2) is 30.3 Å². The van der Waals surface area contributed by atoms with Crippen LogP contribution < -0.4 is 15.0 Å². The van der Waals surface area contributed by atoms with Crippen molar-refractivity contribution in [2.24, 2.45) is 0 Å². The Bertz CT molecular complexity index is 1270. The van der Waals surface area contributed by atoms with Gasteiger partial charge in [0.2, 0.25) is 0 Å². The van der Waals surface area contributed by atoms with Crippen molar-refractivity contribution in [3.63, 3.8) is 0 Å². The van der Waals surface area contributed by atoms with Crippen LogP contribution in [0, 0.1) is 0 Å². The monoisotopic (exact) mass is 441 g/mol. The number of pyridine rings is 1. The SMILES string of the molecule is CSc1ccc(CNC(=O)c2ccc3c(c2)OCCN3c2cccc3cnccc23)cc1. The van der Waals surface area contributed by atoms with E-state index in [2.05, 4.69) is 39.5 Å². The summed E-state index contributed by atoms with van der Waals surface area (Å²) in [5.74, 6) is 0.609. The Morgan fingerprint density at radius 2 is 1.97 bits per heavy atom. The summed E-state index contributed by atoms with van der Waals surface area (Å²) < 4.78 is 5.93. The molecular weight excluding hydrogens is 418 g/mol. The Morgan fingerprint density at radius 3 is 2.81 bits per heavy atom. The van der Waals surface area contributed by atoms with Crippen LogP contribution in [0.5, 0.6) is 5.75 Å². The number of hydrogen-bond donors (Lipinski definition) is 1. The van der Waals surface area contributed by atoms with Gasteiger partial charge in [-0.3, -0.25) is 9.78 Å². The summed E-state index contributed by atoms with van der Waals surface area (Å²) in [6, 6.07) is 22.1. The van der Waals surface area contributed by atoms with Gasteiger partial charge < -0.3 is 15.0 Å². The van der Waals surface area contributed by atoms with E-state index >= 15 is 0 Å². The fourth-order valence-electron chi connectivity index (χ4n) is 3.98. The van der Waals surface area contributed by atoms with Crippen molar-refractivity contribution >= 4 is 39.8 Å². The van der Waals surface area contributed by atoms with Gasteiger partial charge in [0.1, 0.15) is 12.4 Å². The molecule has 0 saturated carbocycles. The number of fused-ring (bicyclic) bond motifs is 2. The van der Waals surface area contributed by atoms with Crippen molar-refractivity contribution in [3.05, 3.63) is 90.3 Å². The summed E-state index contributed by atoms with van der Waals surface area (Å²) in [4.78, 5) is 20.4. The molecule has 2 heterocycles. The number of aromatic nitrogens is 1. The zero-order valence-electron chi connectivity index (χ0n) is 17.7. The number of ether oxygens (including phenoxy) is 1. The first-order valence-electron chi connectivity index (χ1n) is 10.5. The average Bonchev–Trinajstić information content (AvgIpc) is 2.86. The molecule has 1 aliphatic rings. The second-order valence-corrected chi connectivity index (χ2v) is 8.47. The highest BCUT2D eigenvalue weighted by atomic mass is 32.2.